The highest BCUT2D eigenvalue weighted by atomic mass is 79.9. The van der Waals surface area contributed by atoms with Gasteiger partial charge in [0.2, 0.25) is 0 Å². The minimum atomic E-state index is -0.400. The van der Waals surface area contributed by atoms with Crippen LogP contribution < -0.4 is 22.5 Å². The van der Waals surface area contributed by atoms with Crippen LogP contribution in [-0.2, 0) is 13.1 Å². The van der Waals surface area contributed by atoms with Gasteiger partial charge < -0.3 is 21.5 Å². The first kappa shape index (κ1) is 20.7. The molecule has 0 spiro atoms. The van der Waals surface area contributed by atoms with E-state index in [1.165, 1.54) is 12.1 Å². The number of quaternary nitrogens is 1. The van der Waals surface area contributed by atoms with Crippen molar-refractivity contribution in [1.29, 1.82) is 0 Å². The molecule has 1 heterocycles. The summed E-state index contributed by atoms with van der Waals surface area (Å²) in [5.41, 5.74) is 1.77. The van der Waals surface area contributed by atoms with Crippen LogP contribution in [-0.4, -0.2) is 39.6 Å². The normalized spacial score (nSPS) is 11.2. The van der Waals surface area contributed by atoms with Crippen molar-refractivity contribution in [3.05, 3.63) is 80.9 Å². The summed E-state index contributed by atoms with van der Waals surface area (Å²) in [5, 5.41) is 11.4. The first-order valence-corrected chi connectivity index (χ1v) is 8.35. The first-order chi connectivity index (χ1) is 12.4. The van der Waals surface area contributed by atoms with Crippen LogP contribution >= 0.6 is 0 Å². The number of hydrogen-bond donors (Lipinski definition) is 0. The summed E-state index contributed by atoms with van der Waals surface area (Å²) in [7, 11) is 4.14. The van der Waals surface area contributed by atoms with E-state index >= 15 is 0 Å². The Labute approximate surface area is 167 Å². The summed E-state index contributed by atoms with van der Waals surface area (Å²) < 4.78 is 2.29. The molecule has 0 aliphatic carbocycles. The zero-order valence-corrected chi connectivity index (χ0v) is 16.8. The van der Waals surface area contributed by atoms with Crippen molar-refractivity contribution in [2.75, 3.05) is 20.6 Å². The number of non-ortho nitro benzene ring substituents is 1. The fourth-order valence-corrected chi connectivity index (χ4v) is 2.94. The van der Waals surface area contributed by atoms with Gasteiger partial charge in [-0.25, -0.2) is 4.98 Å². The molecule has 3 rings (SSSR count). The fourth-order valence-electron chi connectivity index (χ4n) is 2.94. The SMILES string of the molecule is C[N+](C)(CCn1cnc2ccccc2c1=O)Cc1ccc([N+](=O)[O-])cc1.[Br-]. The predicted molar refractivity (Wildman–Crippen MR) is 99.8 cm³/mol. The lowest BCUT2D eigenvalue weighted by atomic mass is 10.2. The number of likely N-dealkylation sites (N-methyl/N-ethyl adjacent to an activating group) is 1. The van der Waals surface area contributed by atoms with E-state index in [9.17, 15) is 14.9 Å². The van der Waals surface area contributed by atoms with Crippen LogP contribution in [0.2, 0.25) is 0 Å². The molecule has 27 heavy (non-hydrogen) atoms. The molecule has 0 atom stereocenters. The smallest absolute Gasteiger partial charge is 0.269 e. The van der Waals surface area contributed by atoms with Gasteiger partial charge in [-0.3, -0.25) is 19.5 Å². The third-order valence-electron chi connectivity index (χ3n) is 4.44. The Morgan fingerprint density at radius 1 is 1.11 bits per heavy atom. The van der Waals surface area contributed by atoms with Crippen molar-refractivity contribution in [3.63, 3.8) is 0 Å². The average Bonchev–Trinajstić information content (AvgIpc) is 2.61. The summed E-state index contributed by atoms with van der Waals surface area (Å²) in [5.74, 6) is 0. The Hall–Kier alpha value is -2.58. The molecule has 1 aromatic heterocycles. The zero-order valence-electron chi connectivity index (χ0n) is 15.2. The van der Waals surface area contributed by atoms with E-state index in [0.717, 1.165) is 12.1 Å². The van der Waals surface area contributed by atoms with Gasteiger partial charge in [-0.2, -0.15) is 0 Å². The molecule has 0 N–H and O–H groups in total. The second kappa shape index (κ2) is 8.41. The van der Waals surface area contributed by atoms with Crippen LogP contribution in [0.25, 0.3) is 10.9 Å². The van der Waals surface area contributed by atoms with Gasteiger partial charge in [-0.05, 0) is 24.3 Å². The quantitative estimate of drug-likeness (QED) is 0.301. The number of nitro groups is 1. The second-order valence-electron chi connectivity index (χ2n) is 7.00. The number of para-hydroxylation sites is 1. The number of nitrogens with zero attached hydrogens (tertiary/aromatic N) is 4. The van der Waals surface area contributed by atoms with E-state index in [4.69, 9.17) is 0 Å². The Kier molecular flexibility index (Phi) is 6.45. The van der Waals surface area contributed by atoms with Gasteiger partial charge in [0, 0.05) is 17.7 Å². The Morgan fingerprint density at radius 2 is 1.78 bits per heavy atom. The number of hydrogen-bond acceptors (Lipinski definition) is 4. The van der Waals surface area contributed by atoms with Gasteiger partial charge >= 0.3 is 0 Å². The lowest BCUT2D eigenvalue weighted by Gasteiger charge is -2.30. The molecule has 0 bridgehead atoms. The number of halogens is 1. The van der Waals surface area contributed by atoms with Crippen LogP contribution in [0.5, 0.6) is 0 Å². The molecule has 0 saturated carbocycles. The summed E-state index contributed by atoms with van der Waals surface area (Å²) >= 11 is 0. The van der Waals surface area contributed by atoms with E-state index in [0.29, 0.717) is 28.5 Å². The fraction of sp³-hybridized carbons (Fsp3) is 0.263. The molecule has 2 aromatic carbocycles. The maximum absolute atomic E-state index is 12.6. The van der Waals surface area contributed by atoms with Crippen LogP contribution in [0.4, 0.5) is 5.69 Å². The molecule has 0 fully saturated rings. The van der Waals surface area contributed by atoms with E-state index < -0.39 is 4.92 Å². The lowest BCUT2D eigenvalue weighted by molar-refractivity contribution is -0.904. The summed E-state index contributed by atoms with van der Waals surface area (Å²) in [4.78, 5) is 27.2. The molecular weight excluding hydrogens is 412 g/mol. The molecule has 0 amide bonds. The monoisotopic (exact) mass is 432 g/mol. The van der Waals surface area contributed by atoms with Crippen LogP contribution in [0, 0.1) is 10.1 Å². The Balaban J connectivity index is 0.00000261. The van der Waals surface area contributed by atoms with Crippen molar-refractivity contribution >= 4 is 16.6 Å². The predicted octanol–water partition coefficient (Wildman–Crippen LogP) is -0.415. The number of aromatic nitrogens is 2. The zero-order chi connectivity index (χ0) is 18.7. The van der Waals surface area contributed by atoms with Gasteiger partial charge in [-0.1, -0.05) is 12.1 Å². The van der Waals surface area contributed by atoms with Crippen molar-refractivity contribution in [2.24, 2.45) is 0 Å². The maximum atomic E-state index is 12.6. The first-order valence-electron chi connectivity index (χ1n) is 8.35. The van der Waals surface area contributed by atoms with Gasteiger partial charge in [0.05, 0.1) is 49.3 Å². The molecule has 0 aliphatic rings. The van der Waals surface area contributed by atoms with Crippen LogP contribution in [0.15, 0.2) is 59.7 Å². The maximum Gasteiger partial charge on any atom is 0.269 e. The molecule has 142 valence electrons. The van der Waals surface area contributed by atoms with Crippen molar-refractivity contribution in [2.45, 2.75) is 13.1 Å². The topological polar surface area (TPSA) is 78.0 Å². The minimum Gasteiger partial charge on any atom is -1.00 e. The van der Waals surface area contributed by atoms with Gasteiger partial charge in [-0.15, -0.1) is 0 Å². The third kappa shape index (κ3) is 4.99. The van der Waals surface area contributed by atoms with E-state index in [2.05, 4.69) is 19.1 Å². The summed E-state index contributed by atoms with van der Waals surface area (Å²) in [6.45, 7) is 2.00. The van der Waals surface area contributed by atoms with Gasteiger partial charge in [0.1, 0.15) is 6.54 Å². The van der Waals surface area contributed by atoms with Crippen LogP contribution in [0.3, 0.4) is 0 Å². The van der Waals surface area contributed by atoms with E-state index in [1.54, 1.807) is 29.1 Å². The van der Waals surface area contributed by atoms with Crippen LogP contribution in [0.1, 0.15) is 5.56 Å². The Morgan fingerprint density at radius 3 is 2.44 bits per heavy atom. The minimum absolute atomic E-state index is 0. The van der Waals surface area contributed by atoms with Gasteiger partial charge in [0.15, 0.2) is 0 Å². The molecule has 0 unspecified atom stereocenters. The second-order valence-corrected chi connectivity index (χ2v) is 7.00. The highest BCUT2D eigenvalue weighted by Crippen LogP contribution is 2.15. The molecule has 7 nitrogen and oxygen atoms in total. The highest BCUT2D eigenvalue weighted by Gasteiger charge is 2.17. The van der Waals surface area contributed by atoms with E-state index in [-0.39, 0.29) is 28.2 Å². The third-order valence-corrected chi connectivity index (χ3v) is 4.44. The van der Waals surface area contributed by atoms with Crippen molar-refractivity contribution in [1.82, 2.24) is 9.55 Å². The summed E-state index contributed by atoms with van der Waals surface area (Å²) in [6, 6.07) is 13.9. The highest BCUT2D eigenvalue weighted by molar-refractivity contribution is 5.76. The number of nitro benzene ring substituents is 1. The average molecular weight is 433 g/mol. The number of rotatable bonds is 6. The molecule has 0 radical (unpaired) electrons. The number of fused-ring (bicyclic) bond motifs is 1. The Bertz CT molecular complexity index is 1000. The molecule has 0 saturated heterocycles. The van der Waals surface area contributed by atoms with E-state index in [1.807, 2.05) is 18.2 Å². The number of benzene rings is 2. The molecule has 8 heteroatoms. The van der Waals surface area contributed by atoms with Crippen molar-refractivity contribution < 1.29 is 26.4 Å². The van der Waals surface area contributed by atoms with Crippen molar-refractivity contribution in [3.8, 4) is 0 Å². The van der Waals surface area contributed by atoms with Gasteiger partial charge in [0.25, 0.3) is 11.2 Å². The molecular formula is C19H21BrN4O3. The molecule has 3 aromatic rings. The largest absolute Gasteiger partial charge is 1.00 e. The summed E-state index contributed by atoms with van der Waals surface area (Å²) in [6.07, 6.45) is 1.59. The lowest BCUT2D eigenvalue weighted by Crippen LogP contribution is -3.00. The standard InChI is InChI=1S/C19H21N4O3.BrH/c1-23(2,13-15-7-9-16(10-8-15)22(25)26)12-11-21-14-20-18-6-4-3-5-17(18)19(21)24;/h3-10,14H,11-13H2,1-2H3;1H/q+1;/p-1. The molecule has 0 aliphatic heterocycles.